The van der Waals surface area contributed by atoms with Gasteiger partial charge >= 0.3 is 0 Å². The highest BCUT2D eigenvalue weighted by molar-refractivity contribution is 7.68. The summed E-state index contributed by atoms with van der Waals surface area (Å²) in [6.07, 6.45) is 0. The molecule has 1 aliphatic carbocycles. The number of rotatable bonds is 2. The van der Waals surface area contributed by atoms with Crippen molar-refractivity contribution in [3.63, 3.8) is 0 Å². The average molecular weight is 343 g/mol. The molecule has 1 aromatic rings. The predicted molar refractivity (Wildman–Crippen MR) is 113 cm³/mol. The summed E-state index contributed by atoms with van der Waals surface area (Å²) in [6.45, 7) is 23.7. The van der Waals surface area contributed by atoms with Gasteiger partial charge in [0.05, 0.1) is 0 Å². The van der Waals surface area contributed by atoms with Gasteiger partial charge in [0, 0.05) is 5.92 Å². The Morgan fingerprint density at radius 3 is 1.71 bits per heavy atom. The standard InChI is InChI=1S/C23H35P/c1-15-16(2)18(4)21(17(15)3)19-13-11-12-14-20(19)24(22(5,6)7)23(8,9)10/h11-14,17H,1-10H3. The largest absolute Gasteiger partial charge is 0.0636 e. The molecule has 0 saturated carbocycles. The molecule has 0 radical (unpaired) electrons. The molecule has 0 heterocycles. The summed E-state index contributed by atoms with van der Waals surface area (Å²) in [5.41, 5.74) is 7.57. The second-order valence-electron chi connectivity index (χ2n) is 9.26. The van der Waals surface area contributed by atoms with Crippen LogP contribution in [-0.4, -0.2) is 10.3 Å². The van der Waals surface area contributed by atoms with Gasteiger partial charge in [0.25, 0.3) is 0 Å². The minimum absolute atomic E-state index is 0.289. The van der Waals surface area contributed by atoms with Crippen LogP contribution in [0.5, 0.6) is 0 Å². The van der Waals surface area contributed by atoms with Gasteiger partial charge in [-0.15, -0.1) is 0 Å². The molecular formula is C23H35P. The van der Waals surface area contributed by atoms with Crippen molar-refractivity contribution >= 4 is 18.8 Å². The summed E-state index contributed by atoms with van der Waals surface area (Å²) in [5.74, 6) is 0.530. The van der Waals surface area contributed by atoms with Crippen molar-refractivity contribution in [1.82, 2.24) is 0 Å². The maximum absolute atomic E-state index is 2.41. The lowest BCUT2D eigenvalue weighted by Crippen LogP contribution is -2.32. The zero-order chi connectivity index (χ0) is 18.4. The molecule has 0 nitrogen and oxygen atoms in total. The van der Waals surface area contributed by atoms with Gasteiger partial charge in [0.15, 0.2) is 0 Å². The maximum atomic E-state index is 2.41. The second-order valence-corrected chi connectivity index (χ2v) is 13.1. The van der Waals surface area contributed by atoms with Crippen LogP contribution >= 0.6 is 7.92 Å². The van der Waals surface area contributed by atoms with Crippen LogP contribution in [0.2, 0.25) is 0 Å². The lowest BCUT2D eigenvalue weighted by molar-refractivity contribution is 0.714. The second kappa shape index (κ2) is 6.45. The molecule has 2 rings (SSSR count). The van der Waals surface area contributed by atoms with Gasteiger partial charge in [0.2, 0.25) is 0 Å². The van der Waals surface area contributed by atoms with Gasteiger partial charge in [-0.25, -0.2) is 0 Å². The monoisotopic (exact) mass is 342 g/mol. The van der Waals surface area contributed by atoms with Crippen LogP contribution in [0.4, 0.5) is 0 Å². The lowest BCUT2D eigenvalue weighted by atomic mass is 9.92. The highest BCUT2D eigenvalue weighted by Gasteiger charge is 2.38. The van der Waals surface area contributed by atoms with Gasteiger partial charge in [-0.05, 0) is 58.7 Å². The van der Waals surface area contributed by atoms with E-state index in [9.17, 15) is 0 Å². The Kier molecular flexibility index (Phi) is 5.23. The Morgan fingerprint density at radius 2 is 1.29 bits per heavy atom. The molecule has 1 unspecified atom stereocenters. The first-order valence-electron chi connectivity index (χ1n) is 9.15. The third-order valence-electron chi connectivity index (χ3n) is 5.42. The molecule has 0 fully saturated rings. The number of benzene rings is 1. The van der Waals surface area contributed by atoms with Crippen molar-refractivity contribution < 1.29 is 0 Å². The number of hydrogen-bond acceptors (Lipinski definition) is 0. The van der Waals surface area contributed by atoms with E-state index in [1.165, 1.54) is 22.3 Å². The Morgan fingerprint density at radius 1 is 0.792 bits per heavy atom. The minimum Gasteiger partial charge on any atom is -0.0636 e. The molecule has 0 saturated heterocycles. The fourth-order valence-electron chi connectivity index (χ4n) is 4.42. The first kappa shape index (κ1) is 19.5. The number of allylic oxidation sites excluding steroid dienone is 4. The lowest BCUT2D eigenvalue weighted by Gasteiger charge is -2.43. The van der Waals surface area contributed by atoms with Crippen LogP contribution in [0.1, 0.15) is 74.8 Å². The fraction of sp³-hybridized carbons (Fsp3) is 0.565. The topological polar surface area (TPSA) is 0 Å². The Hall–Kier alpha value is -0.870. The van der Waals surface area contributed by atoms with Gasteiger partial charge in [0.1, 0.15) is 0 Å². The molecule has 24 heavy (non-hydrogen) atoms. The molecule has 0 aromatic heterocycles. The SMILES string of the molecule is CC1=C(C)C(C)C(c2ccccc2P(C(C)(C)C)C(C)(C)C)=C1C. The summed E-state index contributed by atoms with van der Waals surface area (Å²) < 4.78 is 0. The zero-order valence-electron chi connectivity index (χ0n) is 17.3. The van der Waals surface area contributed by atoms with Gasteiger partial charge < -0.3 is 0 Å². The van der Waals surface area contributed by atoms with E-state index in [1.807, 2.05) is 0 Å². The zero-order valence-corrected chi connectivity index (χ0v) is 18.2. The summed E-state index contributed by atoms with van der Waals surface area (Å²) in [7, 11) is -0.294. The summed E-state index contributed by atoms with van der Waals surface area (Å²) >= 11 is 0. The van der Waals surface area contributed by atoms with Crippen molar-refractivity contribution in [1.29, 1.82) is 0 Å². The average Bonchev–Trinajstić information content (AvgIpc) is 2.61. The predicted octanol–water partition coefficient (Wildman–Crippen LogP) is 7.15. The van der Waals surface area contributed by atoms with E-state index >= 15 is 0 Å². The highest BCUT2D eigenvalue weighted by Crippen LogP contribution is 2.59. The minimum atomic E-state index is -0.294. The van der Waals surface area contributed by atoms with Gasteiger partial charge in [-0.3, -0.25) is 0 Å². The molecular weight excluding hydrogens is 307 g/mol. The van der Waals surface area contributed by atoms with Crippen molar-refractivity contribution in [2.24, 2.45) is 5.92 Å². The first-order valence-corrected chi connectivity index (χ1v) is 10.5. The molecule has 0 aliphatic heterocycles. The van der Waals surface area contributed by atoms with E-state index < -0.39 is 0 Å². The van der Waals surface area contributed by atoms with Crippen LogP contribution in [0, 0.1) is 5.92 Å². The van der Waals surface area contributed by atoms with E-state index in [1.54, 1.807) is 10.9 Å². The summed E-state index contributed by atoms with van der Waals surface area (Å²) in [6, 6.07) is 9.21. The van der Waals surface area contributed by atoms with Crippen LogP contribution in [-0.2, 0) is 0 Å². The fourth-order valence-corrected chi connectivity index (χ4v) is 8.55. The Bertz CT molecular complexity index is 675. The molecule has 1 aliphatic rings. The third-order valence-corrected chi connectivity index (χ3v) is 8.97. The summed E-state index contributed by atoms with van der Waals surface area (Å²) in [4.78, 5) is 0. The Balaban J connectivity index is 2.70. The van der Waals surface area contributed by atoms with Crippen molar-refractivity contribution in [2.45, 2.75) is 79.5 Å². The summed E-state index contributed by atoms with van der Waals surface area (Å²) in [5, 5.41) is 2.16. The van der Waals surface area contributed by atoms with E-state index in [-0.39, 0.29) is 18.2 Å². The van der Waals surface area contributed by atoms with E-state index in [0.717, 1.165) is 0 Å². The molecule has 1 aromatic carbocycles. The Labute approximate surface area is 151 Å². The highest BCUT2D eigenvalue weighted by atomic mass is 31.1. The normalized spacial score (nSPS) is 19.7. The van der Waals surface area contributed by atoms with Crippen LogP contribution in [0.3, 0.4) is 0 Å². The molecule has 0 N–H and O–H groups in total. The van der Waals surface area contributed by atoms with Crippen LogP contribution in [0.15, 0.2) is 41.0 Å². The smallest absolute Gasteiger partial charge is 0.00317 e. The quantitative estimate of drug-likeness (QED) is 0.501. The van der Waals surface area contributed by atoms with Crippen LogP contribution < -0.4 is 5.30 Å². The molecule has 1 heteroatoms. The van der Waals surface area contributed by atoms with Crippen molar-refractivity contribution in [3.8, 4) is 0 Å². The van der Waals surface area contributed by atoms with E-state index in [4.69, 9.17) is 0 Å². The van der Waals surface area contributed by atoms with Crippen LogP contribution in [0.25, 0.3) is 5.57 Å². The molecule has 1 atom stereocenters. The molecule has 0 amide bonds. The third kappa shape index (κ3) is 3.41. The van der Waals surface area contributed by atoms with E-state index in [0.29, 0.717) is 5.92 Å². The van der Waals surface area contributed by atoms with E-state index in [2.05, 4.69) is 93.5 Å². The molecule has 0 bridgehead atoms. The van der Waals surface area contributed by atoms with Gasteiger partial charge in [-0.2, -0.15) is 0 Å². The van der Waals surface area contributed by atoms with Crippen molar-refractivity contribution in [3.05, 3.63) is 46.5 Å². The van der Waals surface area contributed by atoms with Crippen molar-refractivity contribution in [2.75, 3.05) is 0 Å². The molecule has 0 spiro atoms. The number of hydrogen-bond donors (Lipinski definition) is 0. The molecule has 132 valence electrons. The first-order chi connectivity index (χ1) is 10.9. The maximum Gasteiger partial charge on any atom is 0.00317 e. The van der Waals surface area contributed by atoms with Gasteiger partial charge in [-0.1, -0.05) is 86.2 Å².